The molecule has 0 fully saturated rings. The first-order valence-electron chi connectivity index (χ1n) is 6.31. The van der Waals surface area contributed by atoms with Crippen LogP contribution in [0.2, 0.25) is 0 Å². The van der Waals surface area contributed by atoms with Crippen LogP contribution in [0.3, 0.4) is 0 Å². The number of hydrogen-bond acceptors (Lipinski definition) is 2. The third-order valence-corrected chi connectivity index (χ3v) is 2.85. The lowest BCUT2D eigenvalue weighted by molar-refractivity contribution is -0.137. The van der Waals surface area contributed by atoms with Gasteiger partial charge in [0.2, 0.25) is 0 Å². The number of carbonyl (C=O) groups is 1. The van der Waals surface area contributed by atoms with Gasteiger partial charge >= 0.3 is 6.18 Å². The summed E-state index contributed by atoms with van der Waals surface area (Å²) < 4.78 is 39.5. The maximum absolute atomic E-state index is 12.6. The maximum atomic E-state index is 12.6. The Bertz CT molecular complexity index is 647. The Morgan fingerprint density at radius 1 is 1.29 bits per heavy atom. The Balaban J connectivity index is 2.23. The number of amides is 1. The van der Waals surface area contributed by atoms with Crippen LogP contribution in [0.4, 0.5) is 19.0 Å². The molecule has 0 bridgehead atoms. The molecule has 0 aliphatic carbocycles. The lowest BCUT2D eigenvalue weighted by atomic mass is 10.1. The van der Waals surface area contributed by atoms with E-state index in [0.717, 1.165) is 12.1 Å². The second-order valence-electron chi connectivity index (χ2n) is 4.79. The molecule has 0 saturated heterocycles. The van der Waals surface area contributed by atoms with Crippen LogP contribution in [-0.4, -0.2) is 15.7 Å². The van der Waals surface area contributed by atoms with Gasteiger partial charge in [0.05, 0.1) is 11.8 Å². The molecule has 7 heteroatoms. The number of halogens is 3. The van der Waals surface area contributed by atoms with Gasteiger partial charge in [0, 0.05) is 17.7 Å². The minimum Gasteiger partial charge on any atom is -0.307 e. The number of benzene rings is 1. The predicted molar refractivity (Wildman–Crippen MR) is 72.0 cm³/mol. The molecule has 0 saturated carbocycles. The minimum absolute atomic E-state index is 0.0248. The summed E-state index contributed by atoms with van der Waals surface area (Å²) in [4.78, 5) is 12.0. The molecule has 21 heavy (non-hydrogen) atoms. The highest BCUT2D eigenvalue weighted by atomic mass is 19.4. The van der Waals surface area contributed by atoms with Crippen molar-refractivity contribution < 1.29 is 18.0 Å². The van der Waals surface area contributed by atoms with E-state index in [0.29, 0.717) is 5.82 Å². The molecule has 1 aromatic carbocycles. The number of nitrogens with one attached hydrogen (secondary N) is 1. The Morgan fingerprint density at radius 2 is 2.00 bits per heavy atom. The number of alkyl halides is 3. The van der Waals surface area contributed by atoms with Crippen LogP contribution >= 0.6 is 0 Å². The fraction of sp³-hybridized carbons (Fsp3) is 0.286. The second kappa shape index (κ2) is 5.59. The average Bonchev–Trinajstić information content (AvgIpc) is 2.86. The van der Waals surface area contributed by atoms with Gasteiger partial charge in [-0.1, -0.05) is 6.07 Å². The van der Waals surface area contributed by atoms with Crippen LogP contribution < -0.4 is 5.32 Å². The minimum atomic E-state index is -4.48. The Hall–Kier alpha value is -2.31. The van der Waals surface area contributed by atoms with Crippen molar-refractivity contribution in [1.82, 2.24) is 9.78 Å². The van der Waals surface area contributed by atoms with Crippen LogP contribution in [-0.2, 0) is 6.18 Å². The summed E-state index contributed by atoms with van der Waals surface area (Å²) in [6, 6.07) is 5.90. The van der Waals surface area contributed by atoms with Crippen molar-refractivity contribution >= 4 is 11.7 Å². The van der Waals surface area contributed by atoms with Crippen molar-refractivity contribution in [3.63, 3.8) is 0 Å². The van der Waals surface area contributed by atoms with E-state index in [1.54, 1.807) is 10.7 Å². The molecule has 1 heterocycles. The van der Waals surface area contributed by atoms with Gasteiger partial charge in [-0.15, -0.1) is 0 Å². The second-order valence-corrected chi connectivity index (χ2v) is 4.79. The summed E-state index contributed by atoms with van der Waals surface area (Å²) in [6.07, 6.45) is -2.96. The van der Waals surface area contributed by atoms with Gasteiger partial charge in [0.1, 0.15) is 5.82 Å². The predicted octanol–water partition coefficient (Wildman–Crippen LogP) is 3.74. The number of rotatable bonds is 3. The number of aromatic nitrogens is 2. The largest absolute Gasteiger partial charge is 0.416 e. The molecule has 2 aromatic rings. The molecule has 1 amide bonds. The van der Waals surface area contributed by atoms with Gasteiger partial charge in [0.25, 0.3) is 5.91 Å². The van der Waals surface area contributed by atoms with E-state index >= 15 is 0 Å². The van der Waals surface area contributed by atoms with Gasteiger partial charge in [-0.25, -0.2) is 4.68 Å². The maximum Gasteiger partial charge on any atom is 0.416 e. The number of hydrogen-bond donors (Lipinski definition) is 1. The van der Waals surface area contributed by atoms with Gasteiger partial charge < -0.3 is 5.32 Å². The molecule has 0 unspecified atom stereocenters. The summed E-state index contributed by atoms with van der Waals surface area (Å²) >= 11 is 0. The highest BCUT2D eigenvalue weighted by Crippen LogP contribution is 2.29. The van der Waals surface area contributed by atoms with E-state index in [1.165, 1.54) is 18.3 Å². The van der Waals surface area contributed by atoms with Crippen molar-refractivity contribution in [3.05, 3.63) is 47.7 Å². The summed E-state index contributed by atoms with van der Waals surface area (Å²) in [5.41, 5.74) is -0.908. The first-order valence-corrected chi connectivity index (χ1v) is 6.31. The topological polar surface area (TPSA) is 46.9 Å². The molecular weight excluding hydrogens is 283 g/mol. The molecule has 0 atom stereocenters. The normalized spacial score (nSPS) is 11.7. The number of carbonyl (C=O) groups excluding carboxylic acids is 1. The van der Waals surface area contributed by atoms with Gasteiger partial charge in [0.15, 0.2) is 0 Å². The molecule has 0 aliphatic heterocycles. The first kappa shape index (κ1) is 15.1. The summed E-state index contributed by atoms with van der Waals surface area (Å²) in [6.45, 7) is 3.76. The molecule has 1 N–H and O–H groups in total. The number of anilines is 1. The zero-order valence-corrected chi connectivity index (χ0v) is 11.5. The Labute approximate surface area is 119 Å². The summed E-state index contributed by atoms with van der Waals surface area (Å²) in [5.74, 6) is -0.170. The van der Waals surface area contributed by atoms with Crippen LogP contribution in [0.25, 0.3) is 0 Å². The third kappa shape index (κ3) is 3.42. The van der Waals surface area contributed by atoms with Crippen LogP contribution in [0.1, 0.15) is 35.8 Å². The molecule has 2 rings (SSSR count). The van der Waals surface area contributed by atoms with Crippen LogP contribution in [0, 0.1) is 0 Å². The highest BCUT2D eigenvalue weighted by molar-refractivity contribution is 6.03. The SMILES string of the molecule is CC(C)n1nccc1NC(=O)c1cccc(C(F)(F)F)c1. The van der Waals surface area contributed by atoms with Crippen LogP contribution in [0.15, 0.2) is 36.5 Å². The third-order valence-electron chi connectivity index (χ3n) is 2.85. The van der Waals surface area contributed by atoms with Crippen molar-refractivity contribution in [2.24, 2.45) is 0 Å². The summed E-state index contributed by atoms with van der Waals surface area (Å²) in [5, 5.41) is 6.60. The lowest BCUT2D eigenvalue weighted by Crippen LogP contribution is -2.17. The fourth-order valence-corrected chi connectivity index (χ4v) is 1.85. The lowest BCUT2D eigenvalue weighted by Gasteiger charge is -2.12. The molecule has 112 valence electrons. The van der Waals surface area contributed by atoms with E-state index in [2.05, 4.69) is 10.4 Å². The first-order chi connectivity index (χ1) is 9.79. The van der Waals surface area contributed by atoms with Crippen molar-refractivity contribution in [2.45, 2.75) is 26.1 Å². The molecule has 0 spiro atoms. The smallest absolute Gasteiger partial charge is 0.307 e. The standard InChI is InChI=1S/C14H14F3N3O/c1-9(2)20-12(6-7-18-20)19-13(21)10-4-3-5-11(8-10)14(15,16)17/h3-9H,1-2H3,(H,19,21). The molecule has 0 aliphatic rings. The zero-order chi connectivity index (χ0) is 15.6. The quantitative estimate of drug-likeness (QED) is 0.938. The van der Waals surface area contributed by atoms with Crippen molar-refractivity contribution in [3.8, 4) is 0 Å². The van der Waals surface area contributed by atoms with Gasteiger partial charge in [-0.2, -0.15) is 18.3 Å². The Kier molecular flexibility index (Phi) is 4.02. The van der Waals surface area contributed by atoms with E-state index in [-0.39, 0.29) is 11.6 Å². The van der Waals surface area contributed by atoms with E-state index in [4.69, 9.17) is 0 Å². The van der Waals surface area contributed by atoms with E-state index < -0.39 is 17.6 Å². The van der Waals surface area contributed by atoms with Crippen molar-refractivity contribution in [2.75, 3.05) is 5.32 Å². The monoisotopic (exact) mass is 297 g/mol. The average molecular weight is 297 g/mol. The van der Waals surface area contributed by atoms with Crippen LogP contribution in [0.5, 0.6) is 0 Å². The van der Waals surface area contributed by atoms with Gasteiger partial charge in [-0.3, -0.25) is 4.79 Å². The zero-order valence-electron chi connectivity index (χ0n) is 11.5. The molecule has 4 nitrogen and oxygen atoms in total. The molecule has 1 aromatic heterocycles. The van der Waals surface area contributed by atoms with Crippen molar-refractivity contribution in [1.29, 1.82) is 0 Å². The summed E-state index contributed by atoms with van der Waals surface area (Å²) in [7, 11) is 0. The molecule has 0 radical (unpaired) electrons. The van der Waals surface area contributed by atoms with E-state index in [1.807, 2.05) is 13.8 Å². The Morgan fingerprint density at radius 3 is 2.62 bits per heavy atom. The van der Waals surface area contributed by atoms with Gasteiger partial charge in [-0.05, 0) is 32.0 Å². The number of nitrogens with zero attached hydrogens (tertiary/aromatic N) is 2. The molecular formula is C14H14F3N3O. The fourth-order valence-electron chi connectivity index (χ4n) is 1.85. The van der Waals surface area contributed by atoms with E-state index in [9.17, 15) is 18.0 Å². The highest BCUT2D eigenvalue weighted by Gasteiger charge is 2.30.